The molecule has 5 heteroatoms. The van der Waals surface area contributed by atoms with Crippen molar-refractivity contribution >= 4 is 34.7 Å². The second-order valence-corrected chi connectivity index (χ2v) is 6.29. The third-order valence-corrected chi connectivity index (χ3v) is 4.54. The normalized spacial score (nSPS) is 16.1. The number of amides is 2. The van der Waals surface area contributed by atoms with Crippen LogP contribution in [0.15, 0.2) is 53.4 Å². The van der Waals surface area contributed by atoms with Crippen LogP contribution in [0.25, 0.3) is 6.08 Å². The minimum absolute atomic E-state index is 0.288. The molecule has 1 aliphatic rings. The standard InChI is InChI=1S/C19H17NO3S/c1-3-23-16-10-8-15(9-11-16)20-18(21)17(24-19(20)22)12-14-7-5-4-6-13(14)2/h4-12H,3H2,1-2H3/b17-12-. The SMILES string of the molecule is CCOc1ccc(N2C(=O)S/C(=C\c3ccccc3C)C2=O)cc1. The number of benzene rings is 2. The molecular weight excluding hydrogens is 322 g/mol. The van der Waals surface area contributed by atoms with Crippen molar-refractivity contribution in [2.75, 3.05) is 11.5 Å². The first-order chi connectivity index (χ1) is 11.6. The average Bonchev–Trinajstić information content (AvgIpc) is 2.85. The smallest absolute Gasteiger partial charge is 0.298 e. The van der Waals surface area contributed by atoms with Gasteiger partial charge >= 0.3 is 0 Å². The van der Waals surface area contributed by atoms with Crippen LogP contribution < -0.4 is 9.64 Å². The number of hydrogen-bond donors (Lipinski definition) is 0. The second-order valence-electron chi connectivity index (χ2n) is 5.30. The maximum Gasteiger partial charge on any atom is 0.298 e. The van der Waals surface area contributed by atoms with Gasteiger partial charge in [-0.25, -0.2) is 4.90 Å². The Balaban J connectivity index is 1.88. The number of hydrogen-bond acceptors (Lipinski definition) is 4. The van der Waals surface area contributed by atoms with Gasteiger partial charge < -0.3 is 4.74 Å². The number of thioether (sulfide) groups is 1. The Morgan fingerprint density at radius 2 is 1.79 bits per heavy atom. The summed E-state index contributed by atoms with van der Waals surface area (Å²) in [7, 11) is 0. The summed E-state index contributed by atoms with van der Waals surface area (Å²) in [5, 5.41) is -0.288. The van der Waals surface area contributed by atoms with Crippen molar-refractivity contribution in [3.05, 3.63) is 64.6 Å². The van der Waals surface area contributed by atoms with Crippen LogP contribution in [0.3, 0.4) is 0 Å². The van der Waals surface area contributed by atoms with Crippen molar-refractivity contribution in [2.24, 2.45) is 0 Å². The van der Waals surface area contributed by atoms with Gasteiger partial charge in [0, 0.05) is 0 Å². The molecule has 0 saturated carbocycles. The van der Waals surface area contributed by atoms with E-state index in [0.29, 0.717) is 22.9 Å². The molecule has 0 unspecified atom stereocenters. The molecule has 0 radical (unpaired) electrons. The van der Waals surface area contributed by atoms with Gasteiger partial charge in [0.05, 0.1) is 17.2 Å². The van der Waals surface area contributed by atoms with E-state index in [-0.39, 0.29) is 11.1 Å². The van der Waals surface area contributed by atoms with Crippen LogP contribution in [-0.2, 0) is 4.79 Å². The summed E-state index contributed by atoms with van der Waals surface area (Å²) in [5.74, 6) is 0.418. The van der Waals surface area contributed by atoms with Crippen molar-refractivity contribution in [1.82, 2.24) is 0 Å². The Labute approximate surface area is 145 Å². The lowest BCUT2D eigenvalue weighted by Crippen LogP contribution is -2.27. The maximum absolute atomic E-state index is 12.6. The van der Waals surface area contributed by atoms with Crippen molar-refractivity contribution in [3.8, 4) is 5.75 Å². The Morgan fingerprint density at radius 1 is 1.08 bits per heavy atom. The van der Waals surface area contributed by atoms with Gasteiger partial charge in [-0.1, -0.05) is 24.3 Å². The first-order valence-electron chi connectivity index (χ1n) is 7.66. The molecule has 0 atom stereocenters. The molecule has 122 valence electrons. The molecule has 1 fully saturated rings. The zero-order valence-electron chi connectivity index (χ0n) is 13.5. The molecule has 0 aromatic heterocycles. The number of carbonyl (C=O) groups excluding carboxylic acids is 2. The molecule has 0 bridgehead atoms. The lowest BCUT2D eigenvalue weighted by Gasteiger charge is -2.13. The van der Waals surface area contributed by atoms with Gasteiger partial charge in [-0.2, -0.15) is 0 Å². The molecule has 1 aliphatic heterocycles. The Hall–Kier alpha value is -2.53. The third-order valence-electron chi connectivity index (χ3n) is 3.67. The summed E-state index contributed by atoms with van der Waals surface area (Å²) in [6.45, 7) is 4.45. The van der Waals surface area contributed by atoms with Crippen LogP contribution in [-0.4, -0.2) is 17.8 Å². The van der Waals surface area contributed by atoms with Crippen molar-refractivity contribution in [2.45, 2.75) is 13.8 Å². The van der Waals surface area contributed by atoms with E-state index in [0.717, 1.165) is 22.9 Å². The molecule has 0 N–H and O–H groups in total. The average molecular weight is 339 g/mol. The van der Waals surface area contributed by atoms with E-state index in [1.165, 1.54) is 4.90 Å². The van der Waals surface area contributed by atoms with Gasteiger partial charge in [0.1, 0.15) is 5.75 Å². The number of nitrogens with zero attached hydrogens (tertiary/aromatic N) is 1. The fourth-order valence-corrected chi connectivity index (χ4v) is 3.27. The fraction of sp³-hybridized carbons (Fsp3) is 0.158. The van der Waals surface area contributed by atoms with Crippen molar-refractivity contribution in [1.29, 1.82) is 0 Å². The van der Waals surface area contributed by atoms with Crippen LogP contribution in [0.5, 0.6) is 5.75 Å². The van der Waals surface area contributed by atoms with Gasteiger partial charge in [0.2, 0.25) is 0 Å². The first-order valence-corrected chi connectivity index (χ1v) is 8.48. The number of carbonyl (C=O) groups is 2. The highest BCUT2D eigenvalue weighted by Gasteiger charge is 2.36. The number of aryl methyl sites for hydroxylation is 1. The molecule has 0 aliphatic carbocycles. The predicted octanol–water partition coefficient (Wildman–Crippen LogP) is 4.63. The fourth-order valence-electron chi connectivity index (χ4n) is 2.44. The van der Waals surface area contributed by atoms with Crippen LogP contribution in [0, 0.1) is 6.92 Å². The molecular formula is C19H17NO3S. The molecule has 24 heavy (non-hydrogen) atoms. The van der Waals surface area contributed by atoms with E-state index in [9.17, 15) is 9.59 Å². The van der Waals surface area contributed by atoms with Gasteiger partial charge in [-0.15, -0.1) is 0 Å². The Kier molecular flexibility index (Phi) is 4.71. The van der Waals surface area contributed by atoms with Gasteiger partial charge in [-0.3, -0.25) is 9.59 Å². The second kappa shape index (κ2) is 6.93. The van der Waals surface area contributed by atoms with Gasteiger partial charge in [0.25, 0.3) is 11.1 Å². The molecule has 1 heterocycles. The maximum atomic E-state index is 12.6. The zero-order valence-corrected chi connectivity index (χ0v) is 14.3. The van der Waals surface area contributed by atoms with E-state index in [1.807, 2.05) is 38.1 Å². The van der Waals surface area contributed by atoms with Gasteiger partial charge in [0.15, 0.2) is 0 Å². The van der Waals surface area contributed by atoms with E-state index < -0.39 is 0 Å². The molecule has 3 rings (SSSR count). The monoisotopic (exact) mass is 339 g/mol. The van der Waals surface area contributed by atoms with Gasteiger partial charge in [-0.05, 0) is 67.1 Å². The predicted molar refractivity (Wildman–Crippen MR) is 97.2 cm³/mol. The quantitative estimate of drug-likeness (QED) is 0.762. The topological polar surface area (TPSA) is 46.6 Å². The molecule has 2 aromatic carbocycles. The zero-order chi connectivity index (χ0) is 17.1. The molecule has 0 spiro atoms. The lowest BCUT2D eigenvalue weighted by atomic mass is 10.1. The summed E-state index contributed by atoms with van der Waals surface area (Å²) < 4.78 is 5.39. The van der Waals surface area contributed by atoms with Crippen LogP contribution in [0.1, 0.15) is 18.1 Å². The number of rotatable bonds is 4. The highest BCUT2D eigenvalue weighted by atomic mass is 32.2. The van der Waals surface area contributed by atoms with Crippen molar-refractivity contribution < 1.29 is 14.3 Å². The van der Waals surface area contributed by atoms with Crippen LogP contribution >= 0.6 is 11.8 Å². The van der Waals surface area contributed by atoms with E-state index in [1.54, 1.807) is 30.3 Å². The van der Waals surface area contributed by atoms with Crippen LogP contribution in [0.4, 0.5) is 10.5 Å². The Morgan fingerprint density at radius 3 is 2.46 bits per heavy atom. The minimum Gasteiger partial charge on any atom is -0.494 e. The highest BCUT2D eigenvalue weighted by molar-refractivity contribution is 8.19. The third kappa shape index (κ3) is 3.21. The van der Waals surface area contributed by atoms with E-state index >= 15 is 0 Å². The molecule has 2 amide bonds. The number of imide groups is 1. The summed E-state index contributed by atoms with van der Waals surface area (Å²) in [5.41, 5.74) is 2.55. The van der Waals surface area contributed by atoms with E-state index in [4.69, 9.17) is 4.74 Å². The molecule has 2 aromatic rings. The van der Waals surface area contributed by atoms with Crippen molar-refractivity contribution in [3.63, 3.8) is 0 Å². The number of anilines is 1. The summed E-state index contributed by atoms with van der Waals surface area (Å²) in [6, 6.07) is 14.7. The first kappa shape index (κ1) is 16.3. The van der Waals surface area contributed by atoms with E-state index in [2.05, 4.69) is 0 Å². The molecule has 4 nitrogen and oxygen atoms in total. The summed E-state index contributed by atoms with van der Waals surface area (Å²) >= 11 is 0.962. The minimum atomic E-state index is -0.294. The summed E-state index contributed by atoms with van der Waals surface area (Å²) in [4.78, 5) is 26.5. The lowest BCUT2D eigenvalue weighted by molar-refractivity contribution is -0.113. The largest absolute Gasteiger partial charge is 0.494 e. The number of ether oxygens (including phenoxy) is 1. The summed E-state index contributed by atoms with van der Waals surface area (Å²) in [6.07, 6.45) is 1.77. The highest BCUT2D eigenvalue weighted by Crippen LogP contribution is 2.36. The molecule has 1 saturated heterocycles. The van der Waals surface area contributed by atoms with Crippen LogP contribution in [0.2, 0.25) is 0 Å². The Bertz CT molecular complexity index is 812.